The van der Waals surface area contributed by atoms with Gasteiger partial charge in [0.05, 0.1) is 12.6 Å². The van der Waals surface area contributed by atoms with Gasteiger partial charge in [0.25, 0.3) is 6.79 Å². The van der Waals surface area contributed by atoms with Crippen LogP contribution in [-0.2, 0) is 14.4 Å². The van der Waals surface area contributed by atoms with Crippen molar-refractivity contribution in [3.8, 4) is 0 Å². The lowest BCUT2D eigenvalue weighted by Gasteiger charge is -2.16. The molecule has 1 saturated heterocycles. The van der Waals surface area contributed by atoms with Gasteiger partial charge in [0.2, 0.25) is 0 Å². The number of aliphatic hydroxyl groups excluding tert-OH is 1. The number of ether oxygens (including phenoxy) is 1. The number of aliphatic hydroxyl groups is 1. The molecule has 1 rings (SSSR count). The molecule has 8 nitrogen and oxygen atoms in total. The van der Waals surface area contributed by atoms with E-state index in [9.17, 15) is 4.79 Å². The highest BCUT2D eigenvalue weighted by Gasteiger charge is 2.22. The molecule has 1 aliphatic heterocycles. The molecular weight excluding hydrogens is 242 g/mol. The molecule has 18 heavy (non-hydrogen) atoms. The Hall–Kier alpha value is -1.41. The third-order valence-corrected chi connectivity index (χ3v) is 2.49. The van der Waals surface area contributed by atoms with Crippen molar-refractivity contribution >= 4 is 5.97 Å². The Bertz CT molecular complexity index is 262. The highest BCUT2D eigenvalue weighted by molar-refractivity contribution is 5.69. The zero-order chi connectivity index (χ0) is 12.5. The Kier molecular flexibility index (Phi) is 8.85. The molecule has 1 atom stereocenters. The molecule has 0 saturated carbocycles. The molecule has 1 unspecified atom stereocenters. The van der Waals surface area contributed by atoms with Crippen molar-refractivity contribution < 1.29 is 25.0 Å². The van der Waals surface area contributed by atoms with Crippen molar-refractivity contribution in [1.82, 2.24) is 5.01 Å². The number of hydrogen-bond acceptors (Lipinski definition) is 6. The van der Waals surface area contributed by atoms with Gasteiger partial charge >= 0.3 is 5.97 Å². The second-order valence-electron chi connectivity index (χ2n) is 3.83. The van der Waals surface area contributed by atoms with Crippen LogP contribution in [-0.4, -0.2) is 47.5 Å². The van der Waals surface area contributed by atoms with Crippen LogP contribution in [0.2, 0.25) is 0 Å². The quantitative estimate of drug-likeness (QED) is 0.232. The van der Waals surface area contributed by atoms with E-state index in [4.69, 9.17) is 14.7 Å². The van der Waals surface area contributed by atoms with Gasteiger partial charge in [-0.2, -0.15) is 0 Å². The van der Waals surface area contributed by atoms with Gasteiger partial charge in [-0.25, -0.2) is 0 Å². The lowest BCUT2D eigenvalue weighted by atomic mass is 10.2. The first-order valence-electron chi connectivity index (χ1n) is 5.84. The van der Waals surface area contributed by atoms with E-state index in [1.54, 1.807) is 5.01 Å². The van der Waals surface area contributed by atoms with E-state index in [0.29, 0.717) is 6.42 Å². The molecule has 0 aromatic heterocycles. The monoisotopic (exact) mass is 263 g/mol. The molecule has 3 N–H and O–H groups in total. The Balaban J connectivity index is 0.00000289. The first-order valence-corrected chi connectivity index (χ1v) is 5.84. The van der Waals surface area contributed by atoms with E-state index in [1.165, 1.54) is 0 Å². The summed E-state index contributed by atoms with van der Waals surface area (Å²) in [6.45, 7) is 2.49. The maximum Gasteiger partial charge on any atom is 0.308 e. The average molecular weight is 263 g/mol. The standard InChI is InChI=1S/C10H19N3O4.H2O/c1-2-4-10(15)16-8-17-12-11-13-6-3-5-9(13)7-14;/h9,14H,2-8H2,1H3;1H2/b12-11-;. The van der Waals surface area contributed by atoms with Gasteiger partial charge in [-0.1, -0.05) is 6.92 Å². The zero-order valence-corrected chi connectivity index (χ0v) is 10.5. The Morgan fingerprint density at radius 1 is 1.56 bits per heavy atom. The summed E-state index contributed by atoms with van der Waals surface area (Å²) in [6, 6.07) is 0.0185. The molecule has 8 heteroatoms. The largest absolute Gasteiger partial charge is 0.426 e. The fourth-order valence-electron chi connectivity index (χ4n) is 1.59. The number of carbonyl (C=O) groups is 1. The Morgan fingerprint density at radius 2 is 2.33 bits per heavy atom. The molecule has 1 fully saturated rings. The van der Waals surface area contributed by atoms with Gasteiger partial charge in [-0.05, 0) is 24.5 Å². The molecule has 0 aromatic rings. The van der Waals surface area contributed by atoms with E-state index in [-0.39, 0.29) is 30.9 Å². The smallest absolute Gasteiger partial charge is 0.308 e. The van der Waals surface area contributed by atoms with Crippen LogP contribution in [0.5, 0.6) is 0 Å². The number of nitrogens with zero attached hydrogens (tertiary/aromatic N) is 3. The molecule has 0 spiro atoms. The van der Waals surface area contributed by atoms with Gasteiger partial charge in [0, 0.05) is 18.2 Å². The van der Waals surface area contributed by atoms with Crippen LogP contribution < -0.4 is 0 Å². The topological polar surface area (TPSA) is 115 Å². The molecule has 0 bridgehead atoms. The third-order valence-electron chi connectivity index (χ3n) is 2.49. The van der Waals surface area contributed by atoms with Gasteiger partial charge in [0.1, 0.15) is 0 Å². The SMILES string of the molecule is CCCC(=O)OCO/N=N\N1CCCC1CO.O. The molecular formula is C10H21N3O5. The van der Waals surface area contributed by atoms with E-state index >= 15 is 0 Å². The summed E-state index contributed by atoms with van der Waals surface area (Å²) in [7, 11) is 0. The average Bonchev–Trinajstić information content (AvgIpc) is 2.76. The predicted octanol–water partition coefficient (Wildman–Crippen LogP) is 0.218. The minimum absolute atomic E-state index is 0. The molecule has 1 aliphatic rings. The summed E-state index contributed by atoms with van der Waals surface area (Å²) in [5.74, 6) is -0.308. The first kappa shape index (κ1) is 16.6. The van der Waals surface area contributed by atoms with Crippen LogP contribution >= 0.6 is 0 Å². The van der Waals surface area contributed by atoms with Crippen LogP contribution in [0.4, 0.5) is 0 Å². The normalized spacial score (nSPS) is 18.8. The summed E-state index contributed by atoms with van der Waals surface area (Å²) in [6.07, 6.45) is 3.00. The van der Waals surface area contributed by atoms with Crippen LogP contribution in [0.15, 0.2) is 10.5 Å². The highest BCUT2D eigenvalue weighted by atomic mass is 16.8. The van der Waals surface area contributed by atoms with E-state index in [1.807, 2.05) is 6.92 Å². The first-order chi connectivity index (χ1) is 8.27. The molecule has 1 heterocycles. The van der Waals surface area contributed by atoms with E-state index in [0.717, 1.165) is 25.8 Å². The van der Waals surface area contributed by atoms with E-state index < -0.39 is 0 Å². The van der Waals surface area contributed by atoms with Crippen LogP contribution in [0.25, 0.3) is 0 Å². The molecule has 106 valence electrons. The number of esters is 1. The molecule has 0 aliphatic carbocycles. The van der Waals surface area contributed by atoms with Gasteiger partial charge in [-0.15, -0.1) is 0 Å². The van der Waals surface area contributed by atoms with Crippen molar-refractivity contribution in [2.24, 2.45) is 10.5 Å². The minimum Gasteiger partial charge on any atom is -0.426 e. The van der Waals surface area contributed by atoms with Gasteiger partial charge < -0.3 is 20.2 Å². The second-order valence-corrected chi connectivity index (χ2v) is 3.83. The van der Waals surface area contributed by atoms with Crippen LogP contribution in [0.3, 0.4) is 0 Å². The summed E-state index contributed by atoms with van der Waals surface area (Å²) in [5, 5.41) is 17.9. The van der Waals surface area contributed by atoms with Crippen molar-refractivity contribution in [3.05, 3.63) is 0 Å². The molecule has 0 amide bonds. The van der Waals surface area contributed by atoms with Crippen molar-refractivity contribution in [2.45, 2.75) is 38.6 Å². The minimum atomic E-state index is -0.308. The summed E-state index contributed by atoms with van der Waals surface area (Å²) >= 11 is 0. The Morgan fingerprint density at radius 3 is 3.00 bits per heavy atom. The Labute approximate surface area is 106 Å². The lowest BCUT2D eigenvalue weighted by Crippen LogP contribution is -2.26. The van der Waals surface area contributed by atoms with Crippen LogP contribution in [0.1, 0.15) is 32.6 Å². The van der Waals surface area contributed by atoms with Crippen molar-refractivity contribution in [1.29, 1.82) is 0 Å². The van der Waals surface area contributed by atoms with Crippen molar-refractivity contribution in [3.63, 3.8) is 0 Å². The maximum atomic E-state index is 10.9. The zero-order valence-electron chi connectivity index (χ0n) is 10.5. The number of carbonyl (C=O) groups excluding carboxylic acids is 1. The van der Waals surface area contributed by atoms with Gasteiger partial charge in [0.15, 0.2) is 0 Å². The number of hydrogen-bond donors (Lipinski definition) is 1. The third kappa shape index (κ3) is 5.78. The summed E-state index contributed by atoms with van der Waals surface area (Å²) in [4.78, 5) is 15.6. The van der Waals surface area contributed by atoms with Crippen molar-refractivity contribution in [2.75, 3.05) is 19.9 Å². The maximum absolute atomic E-state index is 10.9. The fraction of sp³-hybridized carbons (Fsp3) is 0.900. The predicted molar refractivity (Wildman–Crippen MR) is 62.2 cm³/mol. The molecule has 0 radical (unpaired) electrons. The fourth-order valence-corrected chi connectivity index (χ4v) is 1.59. The van der Waals surface area contributed by atoms with E-state index in [2.05, 4.69) is 10.5 Å². The second kappa shape index (κ2) is 9.60. The lowest BCUT2D eigenvalue weighted by molar-refractivity contribution is -0.157. The number of rotatable bonds is 7. The van der Waals surface area contributed by atoms with Crippen LogP contribution in [0, 0.1) is 0 Å². The highest BCUT2D eigenvalue weighted by Crippen LogP contribution is 2.16. The summed E-state index contributed by atoms with van der Waals surface area (Å²) in [5.41, 5.74) is 0. The van der Waals surface area contributed by atoms with Gasteiger partial charge in [-0.3, -0.25) is 9.80 Å². The summed E-state index contributed by atoms with van der Waals surface area (Å²) < 4.78 is 4.72. The molecule has 0 aromatic carbocycles.